The SMILES string of the molecule is CC(C)C1(Cc2ccc(O)cc2)CCCCCN1. The normalized spacial score (nSPS) is 25.1. The van der Waals surface area contributed by atoms with Gasteiger partial charge < -0.3 is 10.4 Å². The Morgan fingerprint density at radius 1 is 1.17 bits per heavy atom. The van der Waals surface area contributed by atoms with E-state index < -0.39 is 0 Å². The van der Waals surface area contributed by atoms with E-state index in [2.05, 4.69) is 19.2 Å². The fourth-order valence-electron chi connectivity index (χ4n) is 2.99. The minimum Gasteiger partial charge on any atom is -0.508 e. The topological polar surface area (TPSA) is 32.3 Å². The van der Waals surface area contributed by atoms with E-state index in [9.17, 15) is 5.11 Å². The third-order valence-electron chi connectivity index (χ3n) is 4.34. The summed E-state index contributed by atoms with van der Waals surface area (Å²) in [6.07, 6.45) is 6.28. The summed E-state index contributed by atoms with van der Waals surface area (Å²) in [7, 11) is 0. The molecule has 0 saturated carbocycles. The van der Waals surface area contributed by atoms with Gasteiger partial charge >= 0.3 is 0 Å². The van der Waals surface area contributed by atoms with Crippen molar-refractivity contribution in [1.29, 1.82) is 0 Å². The number of nitrogens with one attached hydrogen (secondary N) is 1. The Balaban J connectivity index is 2.16. The molecule has 2 rings (SSSR count). The van der Waals surface area contributed by atoms with Gasteiger partial charge in [-0.05, 0) is 49.4 Å². The highest BCUT2D eigenvalue weighted by molar-refractivity contribution is 5.27. The van der Waals surface area contributed by atoms with Gasteiger partial charge in [-0.25, -0.2) is 0 Å². The van der Waals surface area contributed by atoms with Crippen molar-refractivity contribution in [3.8, 4) is 5.75 Å². The van der Waals surface area contributed by atoms with E-state index in [-0.39, 0.29) is 5.54 Å². The van der Waals surface area contributed by atoms with Crippen molar-refractivity contribution in [2.75, 3.05) is 6.54 Å². The van der Waals surface area contributed by atoms with E-state index in [4.69, 9.17) is 0 Å². The molecule has 0 bridgehead atoms. The van der Waals surface area contributed by atoms with Gasteiger partial charge in [-0.15, -0.1) is 0 Å². The van der Waals surface area contributed by atoms with Gasteiger partial charge in [0.15, 0.2) is 0 Å². The lowest BCUT2D eigenvalue weighted by Gasteiger charge is -2.38. The van der Waals surface area contributed by atoms with Crippen LogP contribution in [-0.4, -0.2) is 17.2 Å². The van der Waals surface area contributed by atoms with E-state index in [1.54, 1.807) is 12.1 Å². The van der Waals surface area contributed by atoms with Gasteiger partial charge in [0, 0.05) is 5.54 Å². The predicted octanol–water partition coefficient (Wildman–Crippen LogP) is 3.49. The number of phenols is 1. The van der Waals surface area contributed by atoms with Crippen molar-refractivity contribution in [3.05, 3.63) is 29.8 Å². The molecule has 2 nitrogen and oxygen atoms in total. The third kappa shape index (κ3) is 3.05. The molecule has 1 saturated heterocycles. The third-order valence-corrected chi connectivity index (χ3v) is 4.34. The summed E-state index contributed by atoms with van der Waals surface area (Å²) in [6, 6.07) is 7.68. The lowest BCUT2D eigenvalue weighted by molar-refractivity contribution is 0.226. The summed E-state index contributed by atoms with van der Waals surface area (Å²) in [4.78, 5) is 0. The second kappa shape index (κ2) is 5.75. The van der Waals surface area contributed by atoms with Crippen LogP contribution < -0.4 is 5.32 Å². The Kier molecular flexibility index (Phi) is 4.28. The Bertz CT molecular complexity index is 361. The van der Waals surface area contributed by atoms with Gasteiger partial charge in [0.1, 0.15) is 5.75 Å². The minimum atomic E-state index is 0.230. The number of hydrogen-bond donors (Lipinski definition) is 2. The maximum Gasteiger partial charge on any atom is 0.115 e. The lowest BCUT2D eigenvalue weighted by atomic mass is 9.77. The molecule has 18 heavy (non-hydrogen) atoms. The Morgan fingerprint density at radius 2 is 1.89 bits per heavy atom. The van der Waals surface area contributed by atoms with Crippen LogP contribution >= 0.6 is 0 Å². The number of phenolic OH excluding ortho intramolecular Hbond substituents is 1. The van der Waals surface area contributed by atoms with Crippen LogP contribution in [0.5, 0.6) is 5.75 Å². The van der Waals surface area contributed by atoms with Crippen LogP contribution in [0.1, 0.15) is 45.1 Å². The predicted molar refractivity (Wildman–Crippen MR) is 75.9 cm³/mol. The van der Waals surface area contributed by atoms with Gasteiger partial charge in [-0.1, -0.05) is 38.8 Å². The molecule has 1 aromatic rings. The van der Waals surface area contributed by atoms with Crippen LogP contribution in [0.4, 0.5) is 0 Å². The molecule has 1 atom stereocenters. The van der Waals surface area contributed by atoms with Gasteiger partial charge in [0.05, 0.1) is 0 Å². The van der Waals surface area contributed by atoms with Gasteiger partial charge in [0.2, 0.25) is 0 Å². The number of aromatic hydroxyl groups is 1. The first-order valence-electron chi connectivity index (χ1n) is 7.15. The van der Waals surface area contributed by atoms with E-state index in [0.29, 0.717) is 11.7 Å². The average Bonchev–Trinajstić information content (AvgIpc) is 2.59. The lowest BCUT2D eigenvalue weighted by Crippen LogP contribution is -2.50. The highest BCUT2D eigenvalue weighted by Gasteiger charge is 2.33. The van der Waals surface area contributed by atoms with Crippen molar-refractivity contribution in [3.63, 3.8) is 0 Å². The molecule has 1 unspecified atom stereocenters. The molecule has 0 radical (unpaired) electrons. The standard InChI is InChI=1S/C16H25NO/c1-13(2)16(10-4-3-5-11-17-16)12-14-6-8-15(18)9-7-14/h6-9,13,17-18H,3-5,10-12H2,1-2H3. The van der Waals surface area contributed by atoms with Gasteiger partial charge in [-0.2, -0.15) is 0 Å². The van der Waals surface area contributed by atoms with Gasteiger partial charge in [0.25, 0.3) is 0 Å². The van der Waals surface area contributed by atoms with Crippen LogP contribution in [0.2, 0.25) is 0 Å². The van der Waals surface area contributed by atoms with Crippen molar-refractivity contribution in [2.45, 2.75) is 51.5 Å². The molecule has 1 heterocycles. The Hall–Kier alpha value is -1.02. The maximum atomic E-state index is 9.37. The smallest absolute Gasteiger partial charge is 0.115 e. The molecule has 2 N–H and O–H groups in total. The van der Waals surface area contributed by atoms with E-state index in [1.807, 2.05) is 12.1 Å². The highest BCUT2D eigenvalue weighted by atomic mass is 16.3. The number of rotatable bonds is 3. The molecule has 1 aliphatic rings. The molecule has 1 fully saturated rings. The maximum absolute atomic E-state index is 9.37. The first kappa shape index (κ1) is 13.4. The Labute approximate surface area is 110 Å². The molecular formula is C16H25NO. The minimum absolute atomic E-state index is 0.230. The number of benzene rings is 1. The second-order valence-corrected chi connectivity index (χ2v) is 5.89. The summed E-state index contributed by atoms with van der Waals surface area (Å²) < 4.78 is 0. The molecule has 1 aliphatic heterocycles. The molecular weight excluding hydrogens is 222 g/mol. The molecule has 1 aromatic carbocycles. The van der Waals surface area contributed by atoms with Crippen LogP contribution in [0.15, 0.2) is 24.3 Å². The average molecular weight is 247 g/mol. The van der Waals surface area contributed by atoms with Crippen molar-refractivity contribution < 1.29 is 5.11 Å². The van der Waals surface area contributed by atoms with Crippen LogP contribution in [-0.2, 0) is 6.42 Å². The number of hydrogen-bond acceptors (Lipinski definition) is 2. The van der Waals surface area contributed by atoms with Crippen molar-refractivity contribution in [2.24, 2.45) is 5.92 Å². The van der Waals surface area contributed by atoms with Gasteiger partial charge in [-0.3, -0.25) is 0 Å². The van der Waals surface area contributed by atoms with Crippen molar-refractivity contribution in [1.82, 2.24) is 5.32 Å². The van der Waals surface area contributed by atoms with E-state index in [0.717, 1.165) is 13.0 Å². The van der Waals surface area contributed by atoms with Crippen LogP contribution in [0.3, 0.4) is 0 Å². The van der Waals surface area contributed by atoms with Crippen molar-refractivity contribution >= 4 is 0 Å². The summed E-state index contributed by atoms with van der Waals surface area (Å²) in [5, 5.41) is 13.2. The summed E-state index contributed by atoms with van der Waals surface area (Å²) in [5.74, 6) is 0.982. The van der Waals surface area contributed by atoms with Crippen LogP contribution in [0.25, 0.3) is 0 Å². The molecule has 0 aromatic heterocycles. The summed E-state index contributed by atoms with van der Waals surface area (Å²) >= 11 is 0. The molecule has 0 spiro atoms. The highest BCUT2D eigenvalue weighted by Crippen LogP contribution is 2.30. The molecule has 2 heteroatoms. The largest absolute Gasteiger partial charge is 0.508 e. The Morgan fingerprint density at radius 3 is 2.56 bits per heavy atom. The molecule has 0 aliphatic carbocycles. The first-order valence-corrected chi connectivity index (χ1v) is 7.15. The zero-order valence-electron chi connectivity index (χ0n) is 11.6. The monoisotopic (exact) mass is 247 g/mol. The fraction of sp³-hybridized carbons (Fsp3) is 0.625. The molecule has 100 valence electrons. The zero-order chi connectivity index (χ0) is 13.0. The zero-order valence-corrected chi connectivity index (χ0v) is 11.6. The van der Waals surface area contributed by atoms with Crippen LogP contribution in [0, 0.1) is 5.92 Å². The molecule has 0 amide bonds. The van der Waals surface area contributed by atoms with E-state index in [1.165, 1.54) is 31.2 Å². The second-order valence-electron chi connectivity index (χ2n) is 5.89. The fourth-order valence-corrected chi connectivity index (χ4v) is 2.99. The quantitative estimate of drug-likeness (QED) is 0.857. The van der Waals surface area contributed by atoms with E-state index >= 15 is 0 Å². The summed E-state index contributed by atoms with van der Waals surface area (Å²) in [6.45, 7) is 5.77. The summed E-state index contributed by atoms with van der Waals surface area (Å²) in [5.41, 5.74) is 1.55. The first-order chi connectivity index (χ1) is 8.62.